The molecule has 62 valence electrons. The quantitative estimate of drug-likeness (QED) is 0.560. The zero-order chi connectivity index (χ0) is 8.91. The summed E-state index contributed by atoms with van der Waals surface area (Å²) in [6.45, 7) is 13.7. The van der Waals surface area contributed by atoms with Crippen LogP contribution >= 0.6 is 0 Å². The third-order valence-electron chi connectivity index (χ3n) is 1.35. The van der Waals surface area contributed by atoms with E-state index in [0.717, 1.165) is 0 Å². The van der Waals surface area contributed by atoms with Gasteiger partial charge in [-0.15, -0.1) is 0 Å². The Labute approximate surface area is 69.7 Å². The molecule has 0 unspecified atom stereocenters. The fourth-order valence-electron chi connectivity index (χ4n) is 0.712. The highest BCUT2D eigenvalue weighted by Crippen LogP contribution is 2.13. The van der Waals surface area contributed by atoms with Gasteiger partial charge in [0.15, 0.2) is 0 Å². The largest absolute Gasteiger partial charge is 0.350 e. The number of rotatable bonds is 3. The molecule has 0 heterocycles. The molecule has 0 aliphatic heterocycles. The van der Waals surface area contributed by atoms with Crippen molar-refractivity contribution < 1.29 is 0 Å². The van der Waals surface area contributed by atoms with E-state index in [4.69, 9.17) is 0 Å². The van der Waals surface area contributed by atoms with Gasteiger partial charge in [-0.25, -0.2) is 0 Å². The van der Waals surface area contributed by atoms with Crippen molar-refractivity contribution in [2.24, 2.45) is 0 Å². The zero-order valence-electron chi connectivity index (χ0n) is 7.67. The smallest absolute Gasteiger partial charge is 0.0355 e. The monoisotopic (exact) mass is 151 g/mol. The van der Waals surface area contributed by atoms with Gasteiger partial charge in [-0.2, -0.15) is 0 Å². The maximum Gasteiger partial charge on any atom is 0.0355 e. The lowest BCUT2D eigenvalue weighted by Crippen LogP contribution is -2.32. The van der Waals surface area contributed by atoms with Crippen molar-refractivity contribution in [2.45, 2.75) is 26.3 Å². The fourth-order valence-corrected chi connectivity index (χ4v) is 0.712. The number of nitrogens with zero attached hydrogens (tertiary/aromatic N) is 1. The molecule has 0 fully saturated rings. The first kappa shape index (κ1) is 10.0. The van der Waals surface area contributed by atoms with Crippen molar-refractivity contribution in [2.75, 3.05) is 0 Å². The van der Waals surface area contributed by atoms with E-state index in [1.807, 2.05) is 17.2 Å². The van der Waals surface area contributed by atoms with E-state index in [-0.39, 0.29) is 5.54 Å². The predicted octanol–water partition coefficient (Wildman–Crippen LogP) is 2.93. The average molecular weight is 151 g/mol. The molecule has 0 aliphatic rings. The Morgan fingerprint density at radius 2 is 1.73 bits per heavy atom. The third-order valence-corrected chi connectivity index (χ3v) is 1.35. The second-order valence-corrected chi connectivity index (χ2v) is 3.34. The molecule has 0 aromatic heterocycles. The molecule has 0 N–H and O–H groups in total. The van der Waals surface area contributed by atoms with Crippen molar-refractivity contribution in [1.29, 1.82) is 0 Å². The van der Waals surface area contributed by atoms with Gasteiger partial charge >= 0.3 is 0 Å². The minimum absolute atomic E-state index is 0.0985. The van der Waals surface area contributed by atoms with Crippen LogP contribution in [0.3, 0.4) is 0 Å². The summed E-state index contributed by atoms with van der Waals surface area (Å²) in [5.41, 5.74) is 0.0985. The van der Waals surface area contributed by atoms with Gasteiger partial charge in [-0.1, -0.05) is 19.2 Å². The molecule has 0 atom stereocenters. The number of hydrogen-bond acceptors (Lipinski definition) is 1. The molecule has 0 aliphatic carbocycles. The summed E-state index contributed by atoms with van der Waals surface area (Å²) >= 11 is 0. The molecular formula is C10H17N. The summed E-state index contributed by atoms with van der Waals surface area (Å²) in [5.74, 6) is 0. The first-order valence-corrected chi connectivity index (χ1v) is 3.72. The maximum absolute atomic E-state index is 3.72. The van der Waals surface area contributed by atoms with E-state index in [0.29, 0.717) is 0 Å². The lowest BCUT2D eigenvalue weighted by atomic mass is 10.1. The lowest BCUT2D eigenvalue weighted by molar-refractivity contribution is 0.281. The van der Waals surface area contributed by atoms with Crippen molar-refractivity contribution in [3.63, 3.8) is 0 Å². The normalized spacial score (nSPS) is 11.5. The van der Waals surface area contributed by atoms with E-state index in [2.05, 4.69) is 33.9 Å². The van der Waals surface area contributed by atoms with Crippen LogP contribution in [0, 0.1) is 0 Å². The number of hydrogen-bond donors (Lipinski definition) is 0. The maximum atomic E-state index is 3.72. The van der Waals surface area contributed by atoms with Crippen LogP contribution < -0.4 is 0 Å². The van der Waals surface area contributed by atoms with Crippen molar-refractivity contribution in [1.82, 2.24) is 4.90 Å². The third kappa shape index (κ3) is 3.66. The van der Waals surface area contributed by atoms with Gasteiger partial charge in [0, 0.05) is 11.7 Å². The Morgan fingerprint density at radius 1 is 1.18 bits per heavy atom. The van der Waals surface area contributed by atoms with Crippen LogP contribution in [-0.2, 0) is 0 Å². The highest BCUT2D eigenvalue weighted by molar-refractivity contribution is 5.02. The molecule has 0 saturated carbocycles. The fraction of sp³-hybridized carbons (Fsp3) is 0.400. The SMILES string of the molecule is C=C/C=C\N(C=C)C(C)(C)C. The van der Waals surface area contributed by atoms with Crippen LogP contribution in [0.15, 0.2) is 37.7 Å². The van der Waals surface area contributed by atoms with Crippen LogP contribution in [0.1, 0.15) is 20.8 Å². The average Bonchev–Trinajstić information content (AvgIpc) is 1.87. The van der Waals surface area contributed by atoms with Crippen molar-refractivity contribution in [3.8, 4) is 0 Å². The molecule has 1 nitrogen and oxygen atoms in total. The van der Waals surface area contributed by atoms with Crippen LogP contribution in [-0.4, -0.2) is 10.4 Å². The first-order chi connectivity index (χ1) is 5.02. The van der Waals surface area contributed by atoms with Crippen LogP contribution in [0.5, 0.6) is 0 Å². The molecule has 0 bridgehead atoms. The molecular weight excluding hydrogens is 134 g/mol. The number of allylic oxidation sites excluding steroid dienone is 2. The van der Waals surface area contributed by atoms with Crippen LogP contribution in [0.4, 0.5) is 0 Å². The van der Waals surface area contributed by atoms with Crippen molar-refractivity contribution >= 4 is 0 Å². The summed E-state index contributed by atoms with van der Waals surface area (Å²) in [7, 11) is 0. The predicted molar refractivity (Wildman–Crippen MR) is 51.1 cm³/mol. The summed E-state index contributed by atoms with van der Waals surface area (Å²) in [5, 5.41) is 0. The van der Waals surface area contributed by atoms with Gasteiger partial charge in [0.05, 0.1) is 0 Å². The topological polar surface area (TPSA) is 3.24 Å². The van der Waals surface area contributed by atoms with Crippen LogP contribution in [0.25, 0.3) is 0 Å². The molecule has 0 aromatic rings. The zero-order valence-corrected chi connectivity index (χ0v) is 7.67. The minimum Gasteiger partial charge on any atom is -0.350 e. The summed E-state index contributed by atoms with van der Waals surface area (Å²) in [6, 6.07) is 0. The van der Waals surface area contributed by atoms with E-state index in [1.54, 1.807) is 12.3 Å². The van der Waals surface area contributed by atoms with Gasteiger partial charge in [-0.05, 0) is 33.0 Å². The molecule has 0 spiro atoms. The van der Waals surface area contributed by atoms with E-state index < -0.39 is 0 Å². The highest BCUT2D eigenvalue weighted by atomic mass is 15.1. The standard InChI is InChI=1S/C10H17N/c1-6-8-9-11(7-2)10(3,4)5/h6-9H,1-2H2,3-5H3/b9-8-. The summed E-state index contributed by atoms with van der Waals surface area (Å²) in [6.07, 6.45) is 7.41. The molecule has 0 aromatic carbocycles. The lowest BCUT2D eigenvalue weighted by Gasteiger charge is -2.31. The molecule has 0 rings (SSSR count). The molecule has 11 heavy (non-hydrogen) atoms. The van der Waals surface area contributed by atoms with Gasteiger partial charge in [-0.3, -0.25) is 0 Å². The molecule has 0 radical (unpaired) electrons. The second kappa shape index (κ2) is 4.02. The van der Waals surface area contributed by atoms with Crippen LogP contribution in [0.2, 0.25) is 0 Å². The Balaban J connectivity index is 4.29. The van der Waals surface area contributed by atoms with Gasteiger partial charge in [0.2, 0.25) is 0 Å². The Morgan fingerprint density at radius 3 is 2.00 bits per heavy atom. The summed E-state index contributed by atoms with van der Waals surface area (Å²) in [4.78, 5) is 2.04. The van der Waals surface area contributed by atoms with E-state index in [1.165, 1.54) is 0 Å². The molecule has 1 heteroatoms. The second-order valence-electron chi connectivity index (χ2n) is 3.34. The Kier molecular flexibility index (Phi) is 3.66. The first-order valence-electron chi connectivity index (χ1n) is 3.72. The van der Waals surface area contributed by atoms with Gasteiger partial charge in [0.25, 0.3) is 0 Å². The Bertz CT molecular complexity index is 160. The van der Waals surface area contributed by atoms with E-state index >= 15 is 0 Å². The van der Waals surface area contributed by atoms with Gasteiger partial charge < -0.3 is 4.90 Å². The highest BCUT2D eigenvalue weighted by Gasteiger charge is 2.13. The summed E-state index contributed by atoms with van der Waals surface area (Å²) < 4.78 is 0. The molecule has 0 amide bonds. The van der Waals surface area contributed by atoms with E-state index in [9.17, 15) is 0 Å². The van der Waals surface area contributed by atoms with Crippen molar-refractivity contribution in [3.05, 3.63) is 37.7 Å². The Hall–Kier alpha value is -0.980. The minimum atomic E-state index is 0.0985. The van der Waals surface area contributed by atoms with Gasteiger partial charge in [0.1, 0.15) is 0 Å². The molecule has 0 saturated heterocycles.